The third-order valence-electron chi connectivity index (χ3n) is 5.66. The molecule has 8 heteroatoms. The molecule has 1 heterocycles. The molecule has 0 atom stereocenters. The highest BCUT2D eigenvalue weighted by Gasteiger charge is 2.31. The van der Waals surface area contributed by atoms with Crippen LogP contribution in [0.3, 0.4) is 0 Å². The monoisotopic (exact) mass is 460 g/mol. The number of phenolic OH excluding ortho intramolecular Hbond substituents is 1. The van der Waals surface area contributed by atoms with E-state index in [1.165, 1.54) is 23.3 Å². The summed E-state index contributed by atoms with van der Waals surface area (Å²) in [5, 5.41) is 15.9. The molecule has 176 valence electrons. The number of anilines is 2. The number of nitrogens with zero attached hydrogens (tertiary/aromatic N) is 1. The lowest BCUT2D eigenvalue weighted by Gasteiger charge is -2.26. The molecule has 5 N–H and O–H groups in total. The van der Waals surface area contributed by atoms with Gasteiger partial charge in [0.2, 0.25) is 0 Å². The molecule has 0 bridgehead atoms. The molecule has 8 nitrogen and oxygen atoms in total. The van der Waals surface area contributed by atoms with Crippen molar-refractivity contribution in [2.75, 3.05) is 5.32 Å². The average Bonchev–Trinajstić information content (AvgIpc) is 3.14. The van der Waals surface area contributed by atoms with Crippen molar-refractivity contribution in [1.82, 2.24) is 10.3 Å². The summed E-state index contributed by atoms with van der Waals surface area (Å²) in [6, 6.07) is 16.1. The van der Waals surface area contributed by atoms with E-state index < -0.39 is 11.5 Å². The summed E-state index contributed by atoms with van der Waals surface area (Å²) in [4.78, 5) is 29.8. The molecule has 0 fully saturated rings. The molecule has 0 radical (unpaired) electrons. The largest absolute Gasteiger partial charge is 0.508 e. The lowest BCUT2D eigenvalue weighted by Crippen LogP contribution is -2.37. The maximum Gasteiger partial charge on any atom is 0.409 e. The number of nitrogens with one attached hydrogen (secondary N) is 2. The van der Waals surface area contributed by atoms with Crippen LogP contribution in [0.15, 0.2) is 54.6 Å². The number of phenols is 1. The molecule has 3 aromatic rings. The zero-order valence-corrected chi connectivity index (χ0v) is 19.4. The summed E-state index contributed by atoms with van der Waals surface area (Å²) in [6.07, 6.45) is 0.481. The number of rotatable bonds is 5. The average molecular weight is 461 g/mol. The number of ether oxygens (including phenoxy) is 1. The molecule has 34 heavy (non-hydrogen) atoms. The fourth-order valence-corrected chi connectivity index (χ4v) is 4.31. The van der Waals surface area contributed by atoms with E-state index in [4.69, 9.17) is 10.5 Å². The normalized spacial score (nSPS) is 13.3. The van der Waals surface area contributed by atoms with Crippen molar-refractivity contribution in [2.45, 2.75) is 45.1 Å². The van der Waals surface area contributed by atoms with E-state index in [9.17, 15) is 14.7 Å². The Kier molecular flexibility index (Phi) is 6.15. The number of aromatic hydroxyl groups is 1. The summed E-state index contributed by atoms with van der Waals surface area (Å²) >= 11 is 0. The Morgan fingerprint density at radius 3 is 2.32 bits per heavy atom. The highest BCUT2D eigenvalue weighted by Crippen LogP contribution is 2.36. The molecule has 0 spiro atoms. The Morgan fingerprint density at radius 2 is 1.74 bits per heavy atom. The molecule has 0 unspecified atom stereocenters. The van der Waals surface area contributed by atoms with Gasteiger partial charge in [-0.05, 0) is 41.5 Å². The molecule has 1 aromatic heterocycles. The number of carbonyl (C=O) groups is 2. The minimum absolute atomic E-state index is 0.0669. The lowest BCUT2D eigenvalue weighted by molar-refractivity contribution is 0.0930. The van der Waals surface area contributed by atoms with Crippen LogP contribution < -0.4 is 21.1 Å². The first-order valence-electron chi connectivity index (χ1n) is 11.1. The maximum atomic E-state index is 13.5. The van der Waals surface area contributed by atoms with Gasteiger partial charge in [0.15, 0.2) is 0 Å². The van der Waals surface area contributed by atoms with Gasteiger partial charge in [-0.2, -0.15) is 0 Å². The molecule has 2 amide bonds. The van der Waals surface area contributed by atoms with Crippen molar-refractivity contribution >= 4 is 23.5 Å². The van der Waals surface area contributed by atoms with Crippen LogP contribution in [0.2, 0.25) is 0 Å². The minimum atomic E-state index is -0.988. The molecular weight excluding hydrogens is 432 g/mol. The van der Waals surface area contributed by atoms with Crippen LogP contribution >= 0.6 is 0 Å². The number of benzene rings is 2. The highest BCUT2D eigenvalue weighted by molar-refractivity contribution is 5.96. The third kappa shape index (κ3) is 5.11. The first kappa shape index (κ1) is 23.1. The van der Waals surface area contributed by atoms with Crippen molar-refractivity contribution in [1.29, 1.82) is 0 Å². The molecule has 1 aliphatic carbocycles. The van der Waals surface area contributed by atoms with E-state index in [1.807, 2.05) is 32.9 Å². The van der Waals surface area contributed by atoms with Crippen LogP contribution in [-0.4, -0.2) is 28.1 Å². The van der Waals surface area contributed by atoms with Gasteiger partial charge in [0.25, 0.3) is 5.91 Å². The predicted molar refractivity (Wildman–Crippen MR) is 130 cm³/mol. The maximum absolute atomic E-state index is 13.5. The number of pyridine rings is 1. The number of aromatic nitrogens is 1. The quantitative estimate of drug-likeness (QED) is 0.452. The Bertz CT molecular complexity index is 1220. The summed E-state index contributed by atoms with van der Waals surface area (Å²) in [5.41, 5.74) is 8.36. The Labute approximate surface area is 198 Å². The van der Waals surface area contributed by atoms with Crippen molar-refractivity contribution in [3.63, 3.8) is 0 Å². The second kappa shape index (κ2) is 9.05. The van der Waals surface area contributed by atoms with Gasteiger partial charge in [-0.25, -0.2) is 9.78 Å². The predicted octanol–water partition coefficient (Wildman–Crippen LogP) is 4.18. The van der Waals surface area contributed by atoms with Crippen molar-refractivity contribution in [3.05, 3.63) is 77.0 Å². The zero-order chi connectivity index (χ0) is 24.5. The summed E-state index contributed by atoms with van der Waals surface area (Å²) in [7, 11) is 0. The molecule has 4 rings (SSSR count). The number of primary amides is 1. The first-order chi connectivity index (χ1) is 16.1. The molecular formula is C26H28N4O4. The topological polar surface area (TPSA) is 127 Å². The molecule has 1 aliphatic rings. The number of hydrogen-bond acceptors (Lipinski definition) is 6. The van der Waals surface area contributed by atoms with Gasteiger partial charge in [-0.1, -0.05) is 51.1 Å². The Morgan fingerprint density at radius 1 is 1.06 bits per heavy atom. The van der Waals surface area contributed by atoms with Gasteiger partial charge in [0.1, 0.15) is 23.0 Å². The summed E-state index contributed by atoms with van der Waals surface area (Å²) < 4.78 is 5.31. The van der Waals surface area contributed by atoms with E-state index in [2.05, 4.69) is 27.8 Å². The number of amides is 2. The van der Waals surface area contributed by atoms with Crippen molar-refractivity contribution in [2.24, 2.45) is 5.73 Å². The smallest absolute Gasteiger partial charge is 0.409 e. The van der Waals surface area contributed by atoms with Crippen LogP contribution in [0.1, 0.15) is 48.0 Å². The van der Waals surface area contributed by atoms with Crippen LogP contribution in [0, 0.1) is 0 Å². The van der Waals surface area contributed by atoms with Gasteiger partial charge >= 0.3 is 6.09 Å². The molecule has 2 aromatic carbocycles. The molecule has 0 saturated carbocycles. The summed E-state index contributed by atoms with van der Waals surface area (Å²) in [6.45, 7) is 5.72. The van der Waals surface area contributed by atoms with E-state index in [0.717, 1.165) is 12.8 Å². The van der Waals surface area contributed by atoms with Crippen LogP contribution in [0.25, 0.3) is 0 Å². The van der Waals surface area contributed by atoms with Crippen LogP contribution in [0.5, 0.6) is 11.5 Å². The first-order valence-corrected chi connectivity index (χ1v) is 11.1. The highest BCUT2D eigenvalue weighted by atomic mass is 16.5. The van der Waals surface area contributed by atoms with Crippen LogP contribution in [-0.2, 0) is 18.3 Å². The number of nitrogens with two attached hydrogens (primary N) is 1. The standard InChI is InChI=1S/C26H28N4O4/c1-26(2,3)22-20(34-25(27)33)14-21(28-17-9-6-10-19(31)13-17)30-23(22)24(32)29-18-11-15-7-4-5-8-16(15)12-18/h4-10,13-14,18,31H,11-12H2,1-3H3,(H2,27,33)(H,28,30)(H,29,32). The summed E-state index contributed by atoms with van der Waals surface area (Å²) in [5.74, 6) is 0.132. The second-order valence-electron chi connectivity index (χ2n) is 9.42. The van der Waals surface area contributed by atoms with E-state index >= 15 is 0 Å². The van der Waals surface area contributed by atoms with Gasteiger partial charge in [-0.15, -0.1) is 0 Å². The third-order valence-corrected chi connectivity index (χ3v) is 5.66. The number of fused-ring (bicyclic) bond motifs is 1. The van der Waals surface area contributed by atoms with Crippen LogP contribution in [0.4, 0.5) is 16.3 Å². The molecule has 0 saturated heterocycles. The van der Waals surface area contributed by atoms with Gasteiger partial charge in [-0.3, -0.25) is 4.79 Å². The van der Waals surface area contributed by atoms with E-state index in [1.54, 1.807) is 18.2 Å². The number of hydrogen-bond donors (Lipinski definition) is 4. The van der Waals surface area contributed by atoms with Crippen molar-refractivity contribution in [3.8, 4) is 11.5 Å². The van der Waals surface area contributed by atoms with E-state index in [0.29, 0.717) is 11.3 Å². The SMILES string of the molecule is CC(C)(C)c1c(OC(N)=O)cc(Nc2cccc(O)c2)nc1C(=O)NC1Cc2ccccc2C1. The second-order valence-corrected chi connectivity index (χ2v) is 9.42. The zero-order valence-electron chi connectivity index (χ0n) is 19.4. The van der Waals surface area contributed by atoms with Gasteiger partial charge in [0, 0.05) is 29.4 Å². The number of carbonyl (C=O) groups excluding carboxylic acids is 2. The fraction of sp³-hybridized carbons (Fsp3) is 0.269. The lowest BCUT2D eigenvalue weighted by atomic mass is 9.84. The van der Waals surface area contributed by atoms with E-state index in [-0.39, 0.29) is 35.0 Å². The van der Waals surface area contributed by atoms with Gasteiger partial charge < -0.3 is 26.2 Å². The van der Waals surface area contributed by atoms with Crippen molar-refractivity contribution < 1.29 is 19.4 Å². The molecule has 0 aliphatic heterocycles. The minimum Gasteiger partial charge on any atom is -0.508 e. The van der Waals surface area contributed by atoms with Gasteiger partial charge in [0.05, 0.1) is 0 Å². The Balaban J connectivity index is 1.72. The fourth-order valence-electron chi connectivity index (χ4n) is 4.31. The Hall–Kier alpha value is -4.07.